The van der Waals surface area contributed by atoms with E-state index in [-0.39, 0.29) is 0 Å². The average molecular weight is 380 g/mol. The van der Waals surface area contributed by atoms with Crippen molar-refractivity contribution in [3.8, 4) is 46.9 Å². The molecule has 138 valence electrons. The molecular weight excluding hydrogens is 364 g/mol. The van der Waals surface area contributed by atoms with Crippen LogP contribution in [0.2, 0.25) is 0 Å². The summed E-state index contributed by atoms with van der Waals surface area (Å²) in [6.07, 6.45) is 15.1. The Morgan fingerprint density at radius 3 is 1.43 bits per heavy atom. The van der Waals surface area contributed by atoms with E-state index in [4.69, 9.17) is 22.8 Å². The largest absolute Gasteiger partial charge is 0.253 e. The highest BCUT2D eigenvalue weighted by molar-refractivity contribution is 6.04. The molecule has 0 N–H and O–H groups in total. The molecular formula is C28H16N2. The summed E-state index contributed by atoms with van der Waals surface area (Å²) < 4.78 is 0. The molecule has 0 saturated heterocycles. The molecule has 0 aliphatic heterocycles. The maximum atomic E-state index is 5.67. The molecule has 0 fully saturated rings. The third kappa shape index (κ3) is 2.89. The van der Waals surface area contributed by atoms with Gasteiger partial charge >= 0.3 is 0 Å². The summed E-state index contributed by atoms with van der Waals surface area (Å²) in [5, 5.41) is 2.05. The predicted octanol–water partition coefficient (Wildman–Crippen LogP) is 6.08. The molecule has 0 atom stereocenters. The van der Waals surface area contributed by atoms with Gasteiger partial charge in [0.05, 0.1) is 11.0 Å². The molecule has 0 saturated carbocycles. The molecule has 2 nitrogen and oxygen atoms in total. The number of rotatable bonds is 2. The monoisotopic (exact) mass is 380 g/mol. The number of pyridine rings is 2. The van der Waals surface area contributed by atoms with Gasteiger partial charge in [0.1, 0.15) is 0 Å². The average Bonchev–Trinajstić information content (AvgIpc) is 2.83. The van der Waals surface area contributed by atoms with E-state index < -0.39 is 0 Å². The van der Waals surface area contributed by atoms with E-state index in [0.29, 0.717) is 0 Å². The van der Waals surface area contributed by atoms with Crippen molar-refractivity contribution in [2.24, 2.45) is 0 Å². The molecule has 2 heteroatoms. The second-order valence-corrected chi connectivity index (χ2v) is 7.04. The molecule has 0 unspecified atom stereocenters. The smallest absolute Gasteiger partial charge is 0.0965 e. The third-order valence-electron chi connectivity index (χ3n) is 5.29. The highest BCUT2D eigenvalue weighted by atomic mass is 14.7. The first kappa shape index (κ1) is 17.7. The van der Waals surface area contributed by atoms with Crippen LogP contribution >= 0.6 is 0 Å². The van der Waals surface area contributed by atoms with E-state index in [9.17, 15) is 0 Å². The second-order valence-electron chi connectivity index (χ2n) is 7.04. The normalized spacial score (nSPS) is 10.6. The first-order chi connectivity index (χ1) is 14.8. The van der Waals surface area contributed by atoms with Crippen molar-refractivity contribution in [3.05, 3.63) is 96.3 Å². The van der Waals surface area contributed by atoms with Gasteiger partial charge in [-0.1, -0.05) is 60.4 Å². The Hall–Kier alpha value is -4.40. The van der Waals surface area contributed by atoms with Gasteiger partial charge in [0, 0.05) is 45.4 Å². The van der Waals surface area contributed by atoms with E-state index in [1.165, 1.54) is 0 Å². The van der Waals surface area contributed by atoms with Crippen LogP contribution in [0.1, 0.15) is 11.1 Å². The van der Waals surface area contributed by atoms with Crippen molar-refractivity contribution in [3.63, 3.8) is 0 Å². The molecule has 2 heterocycles. The van der Waals surface area contributed by atoms with Gasteiger partial charge in [0.2, 0.25) is 0 Å². The quantitative estimate of drug-likeness (QED) is 0.274. The molecule has 0 aliphatic carbocycles. The standard InChI is InChI=1S/C28H16N2/c1-3-19-9-5-7-11-25(19)23-15-21-13-14-22-16-24(18-30-28(22)27(21)29-17-23)26-12-8-6-10-20(26)4-2/h1-2,5-18H. The number of hydrogen-bond acceptors (Lipinski definition) is 2. The van der Waals surface area contributed by atoms with E-state index in [0.717, 1.165) is 55.2 Å². The molecule has 5 rings (SSSR count). The van der Waals surface area contributed by atoms with Crippen LogP contribution in [0.5, 0.6) is 0 Å². The fraction of sp³-hybridized carbons (Fsp3) is 0. The Kier molecular flexibility index (Phi) is 4.25. The summed E-state index contributed by atoms with van der Waals surface area (Å²) in [5.41, 5.74) is 7.44. The zero-order valence-electron chi connectivity index (χ0n) is 16.1. The van der Waals surface area contributed by atoms with Crippen LogP contribution in [0.25, 0.3) is 44.1 Å². The van der Waals surface area contributed by atoms with E-state index in [1.807, 2.05) is 60.9 Å². The summed E-state index contributed by atoms with van der Waals surface area (Å²) in [6, 6.07) is 24.2. The summed E-state index contributed by atoms with van der Waals surface area (Å²) in [4.78, 5) is 9.47. The molecule has 0 spiro atoms. The lowest BCUT2D eigenvalue weighted by molar-refractivity contribution is 1.37. The highest BCUT2D eigenvalue weighted by Gasteiger charge is 2.10. The Balaban J connectivity index is 1.66. The van der Waals surface area contributed by atoms with Crippen LogP contribution in [0.3, 0.4) is 0 Å². The topological polar surface area (TPSA) is 25.8 Å². The third-order valence-corrected chi connectivity index (χ3v) is 5.29. The first-order valence-electron chi connectivity index (χ1n) is 9.59. The zero-order valence-corrected chi connectivity index (χ0v) is 16.1. The summed E-state index contributed by atoms with van der Waals surface area (Å²) in [7, 11) is 0. The Labute approximate surface area is 175 Å². The van der Waals surface area contributed by atoms with Crippen LogP contribution in [-0.4, -0.2) is 9.97 Å². The Morgan fingerprint density at radius 2 is 1.00 bits per heavy atom. The maximum Gasteiger partial charge on any atom is 0.0965 e. The molecule has 0 radical (unpaired) electrons. The minimum atomic E-state index is 0.856. The van der Waals surface area contributed by atoms with Crippen molar-refractivity contribution < 1.29 is 0 Å². The number of fused-ring (bicyclic) bond motifs is 3. The first-order valence-corrected chi connectivity index (χ1v) is 9.59. The lowest BCUT2D eigenvalue weighted by Crippen LogP contribution is -1.90. The van der Waals surface area contributed by atoms with Gasteiger partial charge in [-0.25, -0.2) is 0 Å². The van der Waals surface area contributed by atoms with Crippen molar-refractivity contribution in [2.75, 3.05) is 0 Å². The number of nitrogens with zero attached hydrogens (tertiary/aromatic N) is 2. The second kappa shape index (κ2) is 7.21. The molecule has 0 amide bonds. The SMILES string of the molecule is C#Cc1ccccc1-c1cnc2c(ccc3cc(-c4ccccc4C#C)cnc32)c1. The fourth-order valence-electron chi connectivity index (χ4n) is 3.81. The molecule has 0 aliphatic rings. The van der Waals surface area contributed by atoms with Crippen molar-refractivity contribution in [2.45, 2.75) is 0 Å². The fourth-order valence-corrected chi connectivity index (χ4v) is 3.81. The van der Waals surface area contributed by atoms with Gasteiger partial charge in [-0.15, -0.1) is 12.8 Å². The highest BCUT2D eigenvalue weighted by Crippen LogP contribution is 2.31. The van der Waals surface area contributed by atoms with Gasteiger partial charge in [-0.2, -0.15) is 0 Å². The number of terminal acetylenes is 2. The van der Waals surface area contributed by atoms with E-state index in [2.05, 4.69) is 36.1 Å². The Bertz CT molecular complexity index is 1400. The number of benzene rings is 3. The minimum absolute atomic E-state index is 0.856. The lowest BCUT2D eigenvalue weighted by Gasteiger charge is -2.09. The Morgan fingerprint density at radius 1 is 0.567 bits per heavy atom. The van der Waals surface area contributed by atoms with E-state index in [1.54, 1.807) is 0 Å². The van der Waals surface area contributed by atoms with Gasteiger partial charge < -0.3 is 0 Å². The number of aromatic nitrogens is 2. The van der Waals surface area contributed by atoms with Gasteiger partial charge in [-0.05, 0) is 35.4 Å². The lowest BCUT2D eigenvalue weighted by atomic mass is 9.98. The molecule has 2 aromatic heterocycles. The van der Waals surface area contributed by atoms with E-state index >= 15 is 0 Å². The molecule has 3 aromatic carbocycles. The van der Waals surface area contributed by atoms with Crippen molar-refractivity contribution >= 4 is 21.8 Å². The summed E-state index contributed by atoms with van der Waals surface area (Å²) in [5.74, 6) is 5.50. The van der Waals surface area contributed by atoms with Crippen LogP contribution in [0.15, 0.2) is 85.2 Å². The van der Waals surface area contributed by atoms with Crippen LogP contribution in [0.4, 0.5) is 0 Å². The van der Waals surface area contributed by atoms with Gasteiger partial charge in [-0.3, -0.25) is 9.97 Å². The molecule has 0 bridgehead atoms. The van der Waals surface area contributed by atoms with Crippen LogP contribution in [-0.2, 0) is 0 Å². The summed E-state index contributed by atoms with van der Waals surface area (Å²) >= 11 is 0. The maximum absolute atomic E-state index is 5.67. The van der Waals surface area contributed by atoms with Crippen molar-refractivity contribution in [1.82, 2.24) is 9.97 Å². The minimum Gasteiger partial charge on any atom is -0.253 e. The number of hydrogen-bond donors (Lipinski definition) is 0. The van der Waals surface area contributed by atoms with Gasteiger partial charge in [0.15, 0.2) is 0 Å². The zero-order chi connectivity index (χ0) is 20.5. The molecule has 30 heavy (non-hydrogen) atoms. The summed E-state index contributed by atoms with van der Waals surface area (Å²) in [6.45, 7) is 0. The van der Waals surface area contributed by atoms with Crippen LogP contribution in [0, 0.1) is 24.7 Å². The van der Waals surface area contributed by atoms with Gasteiger partial charge in [0.25, 0.3) is 0 Å². The predicted molar refractivity (Wildman–Crippen MR) is 124 cm³/mol. The molecule has 5 aromatic rings. The van der Waals surface area contributed by atoms with Crippen molar-refractivity contribution in [1.29, 1.82) is 0 Å². The van der Waals surface area contributed by atoms with Crippen LogP contribution < -0.4 is 0 Å².